The quantitative estimate of drug-likeness (QED) is 0.846. The maximum Gasteiger partial charge on any atom is 0.356 e. The van der Waals surface area contributed by atoms with Crippen molar-refractivity contribution >= 4 is 5.97 Å². The molecule has 1 aromatic carbocycles. The summed E-state index contributed by atoms with van der Waals surface area (Å²) in [7, 11) is 1.35. The van der Waals surface area contributed by atoms with Gasteiger partial charge in [-0.15, -0.1) is 0 Å². The summed E-state index contributed by atoms with van der Waals surface area (Å²) >= 11 is 0. The number of carbonyl (C=O) groups excluding carboxylic acids is 1. The van der Waals surface area contributed by atoms with E-state index < -0.39 is 5.97 Å². The highest BCUT2D eigenvalue weighted by Gasteiger charge is 2.14. The zero-order valence-electron chi connectivity index (χ0n) is 11.0. The van der Waals surface area contributed by atoms with Crippen LogP contribution in [0.3, 0.4) is 0 Å². The predicted octanol–water partition coefficient (Wildman–Crippen LogP) is 1.52. The van der Waals surface area contributed by atoms with Crippen LogP contribution in [0.5, 0.6) is 0 Å². The zero-order chi connectivity index (χ0) is 13.8. The molecule has 0 atom stereocenters. The Balaban J connectivity index is 2.27. The number of ether oxygens (including phenoxy) is 1. The number of esters is 1. The number of benzene rings is 1. The van der Waals surface area contributed by atoms with E-state index in [0.29, 0.717) is 12.2 Å². The SMILES string of the molecule is COC(=O)c1cnc(C)n1Cc1ccc(CO)cc1. The molecular weight excluding hydrogens is 244 g/mol. The number of rotatable bonds is 4. The van der Waals surface area contributed by atoms with Gasteiger partial charge in [0.25, 0.3) is 0 Å². The van der Waals surface area contributed by atoms with Gasteiger partial charge in [0.15, 0.2) is 0 Å². The molecule has 1 aromatic heterocycles. The van der Waals surface area contributed by atoms with E-state index in [0.717, 1.165) is 17.0 Å². The fourth-order valence-corrected chi connectivity index (χ4v) is 1.87. The second-order valence-corrected chi connectivity index (χ2v) is 4.24. The van der Waals surface area contributed by atoms with Gasteiger partial charge in [-0.2, -0.15) is 0 Å². The van der Waals surface area contributed by atoms with Crippen molar-refractivity contribution in [1.29, 1.82) is 0 Å². The van der Waals surface area contributed by atoms with Gasteiger partial charge < -0.3 is 14.4 Å². The smallest absolute Gasteiger partial charge is 0.356 e. The number of aliphatic hydroxyl groups excluding tert-OH is 1. The molecule has 0 unspecified atom stereocenters. The lowest BCUT2D eigenvalue weighted by Gasteiger charge is -2.09. The van der Waals surface area contributed by atoms with Crippen LogP contribution >= 0.6 is 0 Å². The lowest BCUT2D eigenvalue weighted by Crippen LogP contribution is -2.12. The van der Waals surface area contributed by atoms with Crippen molar-refractivity contribution in [2.24, 2.45) is 0 Å². The number of aromatic nitrogens is 2. The molecule has 0 amide bonds. The van der Waals surface area contributed by atoms with E-state index in [-0.39, 0.29) is 6.61 Å². The minimum Gasteiger partial charge on any atom is -0.464 e. The Bertz CT molecular complexity index is 573. The van der Waals surface area contributed by atoms with Crippen LogP contribution in [0.2, 0.25) is 0 Å². The van der Waals surface area contributed by atoms with Crippen molar-refractivity contribution in [3.63, 3.8) is 0 Å². The van der Waals surface area contributed by atoms with Crippen molar-refractivity contribution in [1.82, 2.24) is 9.55 Å². The van der Waals surface area contributed by atoms with Gasteiger partial charge in [0.1, 0.15) is 11.5 Å². The first kappa shape index (κ1) is 13.3. The first-order chi connectivity index (χ1) is 9.15. The lowest BCUT2D eigenvalue weighted by molar-refractivity contribution is 0.0588. The first-order valence-corrected chi connectivity index (χ1v) is 5.95. The van der Waals surface area contributed by atoms with Gasteiger partial charge in [-0.1, -0.05) is 24.3 Å². The normalized spacial score (nSPS) is 10.5. The average Bonchev–Trinajstić information content (AvgIpc) is 2.80. The summed E-state index contributed by atoms with van der Waals surface area (Å²) in [5.74, 6) is 0.360. The molecule has 5 nitrogen and oxygen atoms in total. The van der Waals surface area contributed by atoms with Gasteiger partial charge >= 0.3 is 5.97 Å². The number of imidazole rings is 1. The number of nitrogens with zero attached hydrogens (tertiary/aromatic N) is 2. The monoisotopic (exact) mass is 260 g/mol. The molecule has 1 N–H and O–H groups in total. The third-order valence-electron chi connectivity index (χ3n) is 3.00. The topological polar surface area (TPSA) is 64.3 Å². The summed E-state index contributed by atoms with van der Waals surface area (Å²) in [6, 6.07) is 7.57. The Kier molecular flexibility index (Phi) is 3.97. The maximum atomic E-state index is 11.6. The number of carbonyl (C=O) groups is 1. The van der Waals surface area contributed by atoms with Crippen molar-refractivity contribution in [3.05, 3.63) is 53.1 Å². The summed E-state index contributed by atoms with van der Waals surface area (Å²) < 4.78 is 6.54. The van der Waals surface area contributed by atoms with Gasteiger partial charge in [-0.25, -0.2) is 9.78 Å². The summed E-state index contributed by atoms with van der Waals surface area (Å²) in [6.45, 7) is 2.41. The van der Waals surface area contributed by atoms with Crippen LogP contribution in [-0.2, 0) is 17.9 Å². The number of hydrogen-bond donors (Lipinski definition) is 1. The third-order valence-corrected chi connectivity index (χ3v) is 3.00. The molecule has 19 heavy (non-hydrogen) atoms. The van der Waals surface area contributed by atoms with Crippen LogP contribution in [0.1, 0.15) is 27.4 Å². The molecule has 2 aromatic rings. The molecular formula is C14H16N2O3. The van der Waals surface area contributed by atoms with E-state index in [9.17, 15) is 4.79 Å². The summed E-state index contributed by atoms with van der Waals surface area (Å²) in [5, 5.41) is 9.00. The molecule has 100 valence electrons. The summed E-state index contributed by atoms with van der Waals surface area (Å²) in [6.07, 6.45) is 1.52. The highest BCUT2D eigenvalue weighted by molar-refractivity contribution is 5.87. The third kappa shape index (κ3) is 2.82. The minimum absolute atomic E-state index is 0.0256. The fraction of sp³-hybridized carbons (Fsp3) is 0.286. The largest absolute Gasteiger partial charge is 0.464 e. The first-order valence-electron chi connectivity index (χ1n) is 5.95. The highest BCUT2D eigenvalue weighted by atomic mass is 16.5. The molecule has 0 aliphatic rings. The lowest BCUT2D eigenvalue weighted by atomic mass is 10.1. The van der Waals surface area contributed by atoms with Crippen LogP contribution in [-0.4, -0.2) is 27.7 Å². The van der Waals surface area contributed by atoms with Gasteiger partial charge in [0, 0.05) is 6.54 Å². The van der Waals surface area contributed by atoms with E-state index in [4.69, 9.17) is 9.84 Å². The predicted molar refractivity (Wildman–Crippen MR) is 69.8 cm³/mol. The molecule has 0 aliphatic carbocycles. The van der Waals surface area contributed by atoms with Crippen LogP contribution < -0.4 is 0 Å². The Labute approximate surface area is 111 Å². The molecule has 5 heteroatoms. The van der Waals surface area contributed by atoms with Gasteiger partial charge in [-0.05, 0) is 18.1 Å². The van der Waals surface area contributed by atoms with Crippen molar-refractivity contribution in [2.75, 3.05) is 7.11 Å². The van der Waals surface area contributed by atoms with E-state index >= 15 is 0 Å². The Morgan fingerprint density at radius 2 is 1.95 bits per heavy atom. The second kappa shape index (κ2) is 5.67. The van der Waals surface area contributed by atoms with E-state index in [1.165, 1.54) is 13.3 Å². The molecule has 0 spiro atoms. The highest BCUT2D eigenvalue weighted by Crippen LogP contribution is 2.12. The van der Waals surface area contributed by atoms with Gasteiger partial charge in [0.2, 0.25) is 0 Å². The van der Waals surface area contributed by atoms with E-state index in [1.807, 2.05) is 31.2 Å². The number of aliphatic hydroxyl groups is 1. The molecule has 0 saturated carbocycles. The number of aryl methyl sites for hydroxylation is 1. The molecule has 0 bridgehead atoms. The van der Waals surface area contributed by atoms with Gasteiger partial charge in [-0.3, -0.25) is 0 Å². The van der Waals surface area contributed by atoms with Crippen LogP contribution in [0, 0.1) is 6.92 Å². The fourth-order valence-electron chi connectivity index (χ4n) is 1.87. The molecule has 0 saturated heterocycles. The Morgan fingerprint density at radius 1 is 1.32 bits per heavy atom. The molecule has 0 radical (unpaired) electrons. The van der Waals surface area contributed by atoms with Gasteiger partial charge in [0.05, 0.1) is 19.9 Å². The van der Waals surface area contributed by atoms with E-state index in [2.05, 4.69) is 4.98 Å². The maximum absolute atomic E-state index is 11.6. The van der Waals surface area contributed by atoms with Crippen LogP contribution in [0.4, 0.5) is 0 Å². The summed E-state index contributed by atoms with van der Waals surface area (Å²) in [5.41, 5.74) is 2.33. The standard InChI is InChI=1S/C14H16N2O3/c1-10-15-7-13(14(18)19-2)16(10)8-11-3-5-12(9-17)6-4-11/h3-7,17H,8-9H2,1-2H3. The molecule has 2 rings (SSSR count). The summed E-state index contributed by atoms with van der Waals surface area (Å²) in [4.78, 5) is 15.8. The van der Waals surface area contributed by atoms with Crippen molar-refractivity contribution < 1.29 is 14.6 Å². The zero-order valence-corrected chi connectivity index (χ0v) is 11.0. The minimum atomic E-state index is -0.396. The molecule has 1 heterocycles. The number of hydrogen-bond acceptors (Lipinski definition) is 4. The molecule has 0 fully saturated rings. The molecule has 0 aliphatic heterocycles. The van der Waals surface area contributed by atoms with Crippen molar-refractivity contribution in [2.45, 2.75) is 20.1 Å². The van der Waals surface area contributed by atoms with Crippen molar-refractivity contribution in [3.8, 4) is 0 Å². The Hall–Kier alpha value is -2.14. The average molecular weight is 260 g/mol. The second-order valence-electron chi connectivity index (χ2n) is 4.24. The van der Waals surface area contributed by atoms with Crippen LogP contribution in [0.25, 0.3) is 0 Å². The number of methoxy groups -OCH3 is 1. The van der Waals surface area contributed by atoms with Crippen LogP contribution in [0.15, 0.2) is 30.5 Å². The van der Waals surface area contributed by atoms with E-state index in [1.54, 1.807) is 4.57 Å². The Morgan fingerprint density at radius 3 is 2.53 bits per heavy atom.